The molecule has 0 saturated heterocycles. The Balaban J connectivity index is 1.54. The van der Waals surface area contributed by atoms with Crippen molar-refractivity contribution in [2.75, 3.05) is 6.54 Å². The summed E-state index contributed by atoms with van der Waals surface area (Å²) in [4.78, 5) is 12.4. The molecule has 1 fully saturated rings. The van der Waals surface area contributed by atoms with Crippen molar-refractivity contribution in [2.45, 2.75) is 12.8 Å². The molecule has 1 saturated carbocycles. The predicted molar refractivity (Wildman–Crippen MR) is 104 cm³/mol. The summed E-state index contributed by atoms with van der Waals surface area (Å²) in [6.45, 7) is 0.778. The van der Waals surface area contributed by atoms with Crippen LogP contribution in [0.1, 0.15) is 23.2 Å². The number of fused-ring (bicyclic) bond motifs is 2. The molecule has 0 bridgehead atoms. The van der Waals surface area contributed by atoms with E-state index in [4.69, 9.17) is 0 Å². The molecule has 1 aliphatic carbocycles. The third-order valence-corrected chi connectivity index (χ3v) is 5.10. The van der Waals surface area contributed by atoms with Crippen LogP contribution in [-0.4, -0.2) is 22.6 Å². The van der Waals surface area contributed by atoms with E-state index < -0.39 is 0 Å². The number of hydrogen-bond donors (Lipinski definition) is 2. The van der Waals surface area contributed by atoms with Crippen molar-refractivity contribution >= 4 is 27.6 Å². The van der Waals surface area contributed by atoms with Crippen LogP contribution in [0.15, 0.2) is 60.7 Å². The Labute approximate surface area is 151 Å². The smallest absolute Gasteiger partial charge is 0.251 e. The fourth-order valence-electron chi connectivity index (χ4n) is 3.37. The van der Waals surface area contributed by atoms with E-state index in [1.54, 1.807) is 0 Å². The summed E-state index contributed by atoms with van der Waals surface area (Å²) >= 11 is 0. The van der Waals surface area contributed by atoms with Crippen molar-refractivity contribution in [1.82, 2.24) is 15.5 Å². The predicted octanol–water partition coefficient (Wildman–Crippen LogP) is 4.52. The van der Waals surface area contributed by atoms with Crippen LogP contribution in [0, 0.1) is 5.92 Å². The lowest BCUT2D eigenvalue weighted by molar-refractivity contribution is 0.0952. The second-order valence-corrected chi connectivity index (χ2v) is 7.05. The van der Waals surface area contributed by atoms with E-state index in [0.29, 0.717) is 11.5 Å². The van der Waals surface area contributed by atoms with Gasteiger partial charge in [-0.25, -0.2) is 0 Å². The molecule has 1 aliphatic rings. The van der Waals surface area contributed by atoms with Crippen molar-refractivity contribution in [2.24, 2.45) is 5.92 Å². The number of nitrogens with one attached hydrogen (secondary N) is 2. The number of rotatable bonds is 4. The van der Waals surface area contributed by atoms with Gasteiger partial charge < -0.3 is 5.32 Å². The van der Waals surface area contributed by atoms with Crippen molar-refractivity contribution in [1.29, 1.82) is 0 Å². The molecule has 0 spiro atoms. The molecule has 4 heteroatoms. The molecule has 0 aliphatic heterocycles. The fraction of sp³-hybridized carbons (Fsp3) is 0.182. The molecule has 2 N–H and O–H groups in total. The highest BCUT2D eigenvalue weighted by Gasteiger charge is 2.22. The van der Waals surface area contributed by atoms with Crippen molar-refractivity contribution in [3.8, 4) is 11.3 Å². The number of H-pyrrole nitrogens is 1. The van der Waals surface area contributed by atoms with Crippen LogP contribution >= 0.6 is 0 Å². The summed E-state index contributed by atoms with van der Waals surface area (Å²) < 4.78 is 0. The summed E-state index contributed by atoms with van der Waals surface area (Å²) in [7, 11) is 0. The minimum absolute atomic E-state index is 0.00976. The minimum Gasteiger partial charge on any atom is -0.352 e. The molecule has 4 aromatic rings. The van der Waals surface area contributed by atoms with E-state index in [2.05, 4.69) is 45.8 Å². The normalized spacial score (nSPS) is 14.0. The second kappa shape index (κ2) is 5.99. The number of aromatic amines is 1. The van der Waals surface area contributed by atoms with Gasteiger partial charge in [-0.05, 0) is 53.8 Å². The lowest BCUT2D eigenvalue weighted by Gasteiger charge is -2.05. The van der Waals surface area contributed by atoms with Gasteiger partial charge >= 0.3 is 0 Å². The van der Waals surface area contributed by atoms with Crippen molar-refractivity contribution in [3.63, 3.8) is 0 Å². The molecule has 26 heavy (non-hydrogen) atoms. The average molecular weight is 341 g/mol. The summed E-state index contributed by atoms with van der Waals surface area (Å²) in [6.07, 6.45) is 2.46. The number of amides is 1. The molecular weight excluding hydrogens is 322 g/mol. The maximum atomic E-state index is 12.4. The molecule has 3 aromatic carbocycles. The van der Waals surface area contributed by atoms with E-state index in [1.807, 2.05) is 30.3 Å². The Morgan fingerprint density at radius 3 is 2.73 bits per heavy atom. The van der Waals surface area contributed by atoms with Gasteiger partial charge in [0.25, 0.3) is 5.91 Å². The van der Waals surface area contributed by atoms with Crippen LogP contribution < -0.4 is 5.32 Å². The molecule has 1 amide bonds. The Hall–Kier alpha value is -3.14. The van der Waals surface area contributed by atoms with Gasteiger partial charge in [-0.15, -0.1) is 0 Å². The molecule has 0 radical (unpaired) electrons. The number of benzene rings is 3. The number of hydrogen-bond acceptors (Lipinski definition) is 2. The Bertz CT molecular complexity index is 1120. The monoisotopic (exact) mass is 341 g/mol. The summed E-state index contributed by atoms with van der Waals surface area (Å²) in [5.74, 6) is 0.661. The summed E-state index contributed by atoms with van der Waals surface area (Å²) in [5.41, 5.74) is 3.54. The standard InChI is InChI=1S/C22H19N3O/c26-22(23-13-14-5-6-14)18-9-10-20-19(12-18)21(25-24-20)17-8-7-15-3-1-2-4-16(15)11-17/h1-4,7-12,14H,5-6,13H2,(H,23,26)(H,24,25). The van der Waals surface area contributed by atoms with Gasteiger partial charge in [-0.2, -0.15) is 5.10 Å². The van der Waals surface area contributed by atoms with Gasteiger partial charge in [0.2, 0.25) is 0 Å². The van der Waals surface area contributed by atoms with Crippen LogP contribution in [0.5, 0.6) is 0 Å². The highest BCUT2D eigenvalue weighted by molar-refractivity contribution is 6.02. The largest absolute Gasteiger partial charge is 0.352 e. The zero-order chi connectivity index (χ0) is 17.5. The first-order valence-corrected chi connectivity index (χ1v) is 9.03. The van der Waals surface area contributed by atoms with Crippen LogP contribution in [0.25, 0.3) is 32.9 Å². The Kier molecular flexibility index (Phi) is 3.49. The van der Waals surface area contributed by atoms with Gasteiger partial charge in [0.15, 0.2) is 0 Å². The molecule has 4 nitrogen and oxygen atoms in total. The summed E-state index contributed by atoms with van der Waals surface area (Å²) in [5, 5.41) is 14.0. The maximum absolute atomic E-state index is 12.4. The molecule has 5 rings (SSSR count). The van der Waals surface area contributed by atoms with E-state index in [1.165, 1.54) is 23.6 Å². The van der Waals surface area contributed by atoms with Gasteiger partial charge in [-0.3, -0.25) is 9.89 Å². The molecule has 128 valence electrons. The van der Waals surface area contributed by atoms with E-state index in [9.17, 15) is 4.79 Å². The number of carbonyl (C=O) groups excluding carboxylic acids is 1. The van der Waals surface area contributed by atoms with E-state index in [0.717, 1.165) is 28.7 Å². The molecule has 1 heterocycles. The average Bonchev–Trinajstić information content (AvgIpc) is 3.42. The Morgan fingerprint density at radius 2 is 1.88 bits per heavy atom. The van der Waals surface area contributed by atoms with Gasteiger partial charge in [-0.1, -0.05) is 36.4 Å². The highest BCUT2D eigenvalue weighted by atomic mass is 16.1. The van der Waals surface area contributed by atoms with Crippen LogP contribution in [0.2, 0.25) is 0 Å². The minimum atomic E-state index is -0.00976. The van der Waals surface area contributed by atoms with Crippen molar-refractivity contribution in [3.05, 3.63) is 66.2 Å². The first-order chi connectivity index (χ1) is 12.8. The van der Waals surface area contributed by atoms with E-state index in [-0.39, 0.29) is 5.91 Å². The molecule has 0 atom stereocenters. The van der Waals surface area contributed by atoms with Gasteiger partial charge in [0.1, 0.15) is 0 Å². The Morgan fingerprint density at radius 1 is 1.04 bits per heavy atom. The van der Waals surface area contributed by atoms with Gasteiger partial charge in [0.05, 0.1) is 11.2 Å². The number of nitrogens with zero attached hydrogens (tertiary/aromatic N) is 1. The fourth-order valence-corrected chi connectivity index (χ4v) is 3.37. The topological polar surface area (TPSA) is 57.8 Å². The quantitative estimate of drug-likeness (QED) is 0.573. The lowest BCUT2D eigenvalue weighted by atomic mass is 10.0. The van der Waals surface area contributed by atoms with Crippen LogP contribution in [-0.2, 0) is 0 Å². The van der Waals surface area contributed by atoms with Crippen LogP contribution in [0.3, 0.4) is 0 Å². The maximum Gasteiger partial charge on any atom is 0.251 e. The first-order valence-electron chi connectivity index (χ1n) is 9.03. The highest BCUT2D eigenvalue weighted by Crippen LogP contribution is 2.30. The molecule has 1 aromatic heterocycles. The zero-order valence-corrected chi connectivity index (χ0v) is 14.3. The van der Waals surface area contributed by atoms with Crippen LogP contribution in [0.4, 0.5) is 0 Å². The van der Waals surface area contributed by atoms with Crippen molar-refractivity contribution < 1.29 is 4.79 Å². The zero-order valence-electron chi connectivity index (χ0n) is 14.3. The van der Waals surface area contributed by atoms with E-state index >= 15 is 0 Å². The second-order valence-electron chi connectivity index (χ2n) is 7.05. The third-order valence-electron chi connectivity index (χ3n) is 5.10. The first kappa shape index (κ1) is 15.1. The molecular formula is C22H19N3O. The summed E-state index contributed by atoms with van der Waals surface area (Å²) in [6, 6.07) is 20.3. The number of carbonyl (C=O) groups is 1. The number of aromatic nitrogens is 2. The van der Waals surface area contributed by atoms with Gasteiger partial charge in [0, 0.05) is 23.1 Å². The lowest BCUT2D eigenvalue weighted by Crippen LogP contribution is -2.25. The molecule has 0 unspecified atom stereocenters. The SMILES string of the molecule is O=C(NCC1CC1)c1ccc2[nH]nc(-c3ccc4ccccc4c3)c2c1. The third kappa shape index (κ3) is 2.73.